The Balaban J connectivity index is 2.17. The summed E-state index contributed by atoms with van der Waals surface area (Å²) in [6.07, 6.45) is 3.10. The van der Waals surface area contributed by atoms with Crippen molar-refractivity contribution in [1.82, 2.24) is 0 Å². The molecule has 11 heavy (non-hydrogen) atoms. The first kappa shape index (κ1) is 7.64. The third-order valence-corrected chi connectivity index (χ3v) is 4.55. The quantitative estimate of drug-likeness (QED) is 0.569. The van der Waals surface area contributed by atoms with Crippen LogP contribution < -0.4 is 0 Å². The summed E-state index contributed by atoms with van der Waals surface area (Å²) in [5.41, 5.74) is 0.778. The van der Waals surface area contributed by atoms with E-state index in [4.69, 9.17) is 0 Å². The molecule has 0 aromatic carbocycles. The molecule has 3 rings (SSSR count). The maximum atomic E-state index is 2.42. The van der Waals surface area contributed by atoms with Gasteiger partial charge in [0, 0.05) is 0 Å². The molecule has 0 aliphatic heterocycles. The Labute approximate surface area is 70.4 Å². The molecule has 0 heteroatoms. The maximum absolute atomic E-state index is 2.42. The van der Waals surface area contributed by atoms with Gasteiger partial charge in [-0.2, -0.15) is 0 Å². The van der Waals surface area contributed by atoms with Crippen LogP contribution in [0.2, 0.25) is 0 Å². The third-order valence-electron chi connectivity index (χ3n) is 4.55. The topological polar surface area (TPSA) is 0 Å². The van der Waals surface area contributed by atoms with Crippen molar-refractivity contribution >= 4 is 0 Å². The molecule has 3 saturated carbocycles. The molecule has 0 unspecified atom stereocenters. The lowest BCUT2D eigenvalue weighted by atomic mass is 9.32. The fraction of sp³-hybridized carbons (Fsp3) is 1.00. The van der Waals surface area contributed by atoms with Gasteiger partial charge in [-0.3, -0.25) is 0 Å². The average Bonchev–Trinajstić information content (AvgIpc) is 1.50. The standard InChI is InChI=1S/C11H20/c1-7(2)11(8(3)4)9-5-10(11)6-9/h7-10H,5-6H2,1-4H3. The van der Waals surface area contributed by atoms with Crippen molar-refractivity contribution in [2.45, 2.75) is 40.5 Å². The minimum absolute atomic E-state index is 0.778. The highest BCUT2D eigenvalue weighted by Crippen LogP contribution is 2.73. The first-order valence-electron chi connectivity index (χ1n) is 5.10. The normalized spacial score (nSPS) is 38.7. The zero-order chi connectivity index (χ0) is 8.22. The smallest absolute Gasteiger partial charge is 0.0194 e. The van der Waals surface area contributed by atoms with Crippen LogP contribution >= 0.6 is 0 Å². The van der Waals surface area contributed by atoms with Crippen LogP contribution in [0.25, 0.3) is 0 Å². The van der Waals surface area contributed by atoms with Crippen LogP contribution in [0.3, 0.4) is 0 Å². The molecule has 0 aromatic heterocycles. The fourth-order valence-electron chi connectivity index (χ4n) is 4.00. The van der Waals surface area contributed by atoms with E-state index < -0.39 is 0 Å². The van der Waals surface area contributed by atoms with Crippen molar-refractivity contribution in [3.63, 3.8) is 0 Å². The summed E-state index contributed by atoms with van der Waals surface area (Å²) >= 11 is 0. The Bertz CT molecular complexity index is 135. The molecule has 3 aliphatic carbocycles. The molecule has 0 aromatic rings. The highest BCUT2D eigenvalue weighted by atomic mass is 14.7. The Kier molecular flexibility index (Phi) is 1.41. The molecule has 0 N–H and O–H groups in total. The van der Waals surface area contributed by atoms with Gasteiger partial charge >= 0.3 is 0 Å². The summed E-state index contributed by atoms with van der Waals surface area (Å²) in [5, 5.41) is 0. The monoisotopic (exact) mass is 152 g/mol. The van der Waals surface area contributed by atoms with Gasteiger partial charge in [0.25, 0.3) is 0 Å². The van der Waals surface area contributed by atoms with Gasteiger partial charge in [0.15, 0.2) is 0 Å². The summed E-state index contributed by atoms with van der Waals surface area (Å²) < 4.78 is 0. The molecular weight excluding hydrogens is 132 g/mol. The molecule has 0 amide bonds. The fourth-order valence-corrected chi connectivity index (χ4v) is 4.00. The zero-order valence-corrected chi connectivity index (χ0v) is 8.22. The molecule has 0 radical (unpaired) electrons. The average molecular weight is 152 g/mol. The van der Waals surface area contributed by atoms with Crippen LogP contribution in [0.15, 0.2) is 0 Å². The molecule has 3 fully saturated rings. The van der Waals surface area contributed by atoms with Crippen LogP contribution in [-0.4, -0.2) is 0 Å². The van der Waals surface area contributed by atoms with E-state index in [0.29, 0.717) is 0 Å². The van der Waals surface area contributed by atoms with E-state index in [1.165, 1.54) is 0 Å². The first-order valence-corrected chi connectivity index (χ1v) is 5.10. The third kappa shape index (κ3) is 0.625. The number of hydrogen-bond acceptors (Lipinski definition) is 0. The van der Waals surface area contributed by atoms with Crippen LogP contribution in [0.5, 0.6) is 0 Å². The van der Waals surface area contributed by atoms with Gasteiger partial charge in [0.05, 0.1) is 0 Å². The SMILES string of the molecule is CC(C)C1(C(C)C)C2CC1C2. The van der Waals surface area contributed by atoms with E-state index in [1.54, 1.807) is 12.8 Å². The second-order valence-corrected chi connectivity index (χ2v) is 5.17. The van der Waals surface area contributed by atoms with Gasteiger partial charge in [-0.05, 0) is 41.9 Å². The molecular formula is C11H20. The predicted molar refractivity (Wildman–Crippen MR) is 48.3 cm³/mol. The van der Waals surface area contributed by atoms with Gasteiger partial charge in [-0.1, -0.05) is 27.7 Å². The number of hydrogen-bond donors (Lipinski definition) is 0. The van der Waals surface area contributed by atoms with Crippen molar-refractivity contribution in [2.24, 2.45) is 29.1 Å². The van der Waals surface area contributed by atoms with E-state index in [9.17, 15) is 0 Å². The lowest BCUT2D eigenvalue weighted by Crippen LogP contribution is -2.66. The minimum atomic E-state index is 0.778. The minimum Gasteiger partial charge on any atom is -0.0622 e. The summed E-state index contributed by atoms with van der Waals surface area (Å²) in [5.74, 6) is 4.04. The Hall–Kier alpha value is 0. The molecule has 0 saturated heterocycles. The van der Waals surface area contributed by atoms with Gasteiger partial charge in [0.2, 0.25) is 0 Å². The molecule has 64 valence electrons. The van der Waals surface area contributed by atoms with E-state index in [-0.39, 0.29) is 0 Å². The van der Waals surface area contributed by atoms with Crippen molar-refractivity contribution in [3.05, 3.63) is 0 Å². The van der Waals surface area contributed by atoms with E-state index >= 15 is 0 Å². The highest BCUT2D eigenvalue weighted by molar-refractivity contribution is 5.14. The Morgan fingerprint density at radius 3 is 1.27 bits per heavy atom. The van der Waals surface area contributed by atoms with Gasteiger partial charge in [-0.15, -0.1) is 0 Å². The first-order chi connectivity index (χ1) is 5.10. The number of rotatable bonds is 2. The van der Waals surface area contributed by atoms with Crippen molar-refractivity contribution in [1.29, 1.82) is 0 Å². The molecule has 0 heterocycles. The lowest BCUT2D eigenvalue weighted by Gasteiger charge is -2.72. The largest absolute Gasteiger partial charge is 0.0622 e. The highest BCUT2D eigenvalue weighted by Gasteiger charge is 2.66. The van der Waals surface area contributed by atoms with Crippen LogP contribution in [-0.2, 0) is 0 Å². The van der Waals surface area contributed by atoms with Crippen molar-refractivity contribution in [2.75, 3.05) is 0 Å². The van der Waals surface area contributed by atoms with Gasteiger partial charge in [0.1, 0.15) is 0 Å². The van der Waals surface area contributed by atoms with Crippen LogP contribution in [0, 0.1) is 29.1 Å². The Morgan fingerprint density at radius 2 is 1.27 bits per heavy atom. The predicted octanol–water partition coefficient (Wildman–Crippen LogP) is 3.32. The van der Waals surface area contributed by atoms with Crippen molar-refractivity contribution < 1.29 is 0 Å². The molecule has 0 spiro atoms. The molecule has 2 bridgehead atoms. The summed E-state index contributed by atoms with van der Waals surface area (Å²) in [6.45, 7) is 9.66. The second kappa shape index (κ2) is 2.02. The van der Waals surface area contributed by atoms with E-state index in [2.05, 4.69) is 27.7 Å². The Morgan fingerprint density at radius 1 is 0.909 bits per heavy atom. The van der Waals surface area contributed by atoms with E-state index in [1.807, 2.05) is 0 Å². The molecule has 0 atom stereocenters. The van der Waals surface area contributed by atoms with Gasteiger partial charge in [-0.25, -0.2) is 0 Å². The van der Waals surface area contributed by atoms with Gasteiger partial charge < -0.3 is 0 Å². The van der Waals surface area contributed by atoms with E-state index in [0.717, 1.165) is 29.1 Å². The summed E-state index contributed by atoms with van der Waals surface area (Å²) in [4.78, 5) is 0. The van der Waals surface area contributed by atoms with Crippen molar-refractivity contribution in [3.8, 4) is 0 Å². The summed E-state index contributed by atoms with van der Waals surface area (Å²) in [7, 11) is 0. The maximum Gasteiger partial charge on any atom is -0.0194 e. The zero-order valence-electron chi connectivity index (χ0n) is 8.22. The van der Waals surface area contributed by atoms with Crippen LogP contribution in [0.4, 0.5) is 0 Å². The lowest BCUT2D eigenvalue weighted by molar-refractivity contribution is -0.239. The molecule has 0 nitrogen and oxygen atoms in total. The molecule has 3 aliphatic rings. The summed E-state index contributed by atoms with van der Waals surface area (Å²) in [6, 6.07) is 0. The second-order valence-electron chi connectivity index (χ2n) is 5.17. The van der Waals surface area contributed by atoms with Crippen LogP contribution in [0.1, 0.15) is 40.5 Å².